The number of alkyl halides is 1. The van der Waals surface area contributed by atoms with E-state index in [9.17, 15) is 5.11 Å². The van der Waals surface area contributed by atoms with Crippen LogP contribution in [0.4, 0.5) is 0 Å². The van der Waals surface area contributed by atoms with Crippen LogP contribution < -0.4 is 0 Å². The van der Waals surface area contributed by atoms with Crippen LogP contribution >= 0.6 is 11.6 Å². The molecule has 3 nitrogen and oxygen atoms in total. The highest BCUT2D eigenvalue weighted by Crippen LogP contribution is 2.19. The molecule has 0 bridgehead atoms. The lowest BCUT2D eigenvalue weighted by Crippen LogP contribution is -1.97. The molecule has 2 N–H and O–H groups in total. The van der Waals surface area contributed by atoms with Crippen LogP contribution in [0.15, 0.2) is 24.4 Å². The minimum absolute atomic E-state index is 0.212. The molecule has 0 radical (unpaired) electrons. The lowest BCUT2D eigenvalue weighted by Gasteiger charge is -2.05. The molecule has 0 saturated heterocycles. The van der Waals surface area contributed by atoms with E-state index in [0.717, 1.165) is 16.5 Å². The van der Waals surface area contributed by atoms with Crippen molar-refractivity contribution in [1.82, 2.24) is 10.2 Å². The van der Waals surface area contributed by atoms with E-state index in [1.165, 1.54) is 0 Å². The Balaban J connectivity index is 2.48. The van der Waals surface area contributed by atoms with Gasteiger partial charge in [0.05, 0.1) is 23.7 Å². The van der Waals surface area contributed by atoms with Crippen molar-refractivity contribution in [2.24, 2.45) is 0 Å². The molecule has 13 heavy (non-hydrogen) atoms. The predicted octanol–water partition coefficient (Wildman–Crippen LogP) is 1.84. The number of nitrogens with zero attached hydrogens (tertiary/aromatic N) is 1. The fraction of sp³-hybridized carbons (Fsp3) is 0.222. The van der Waals surface area contributed by atoms with Gasteiger partial charge in [-0.2, -0.15) is 5.10 Å². The Morgan fingerprint density at radius 3 is 3.15 bits per heavy atom. The van der Waals surface area contributed by atoms with E-state index >= 15 is 0 Å². The van der Waals surface area contributed by atoms with Crippen molar-refractivity contribution < 1.29 is 5.11 Å². The van der Waals surface area contributed by atoms with Gasteiger partial charge in [0.1, 0.15) is 0 Å². The summed E-state index contributed by atoms with van der Waals surface area (Å²) in [5, 5.41) is 17.2. The number of aromatic nitrogens is 2. The summed E-state index contributed by atoms with van der Waals surface area (Å²) in [7, 11) is 0. The molecule has 1 atom stereocenters. The molecule has 2 rings (SSSR count). The van der Waals surface area contributed by atoms with Crippen molar-refractivity contribution in [1.29, 1.82) is 0 Å². The average Bonchev–Trinajstić information content (AvgIpc) is 2.63. The Labute approximate surface area is 80.3 Å². The molecule has 0 aliphatic rings. The first kappa shape index (κ1) is 8.53. The minimum Gasteiger partial charge on any atom is -0.387 e. The SMILES string of the molecule is OC(CCl)c1ccc2[nH]ncc2c1. The van der Waals surface area contributed by atoms with Gasteiger partial charge in [-0.1, -0.05) is 6.07 Å². The molecular weight excluding hydrogens is 188 g/mol. The molecule has 1 aromatic carbocycles. The van der Waals surface area contributed by atoms with Crippen LogP contribution in [0.25, 0.3) is 10.9 Å². The summed E-state index contributed by atoms with van der Waals surface area (Å²) in [6.07, 6.45) is 1.13. The monoisotopic (exact) mass is 196 g/mol. The van der Waals surface area contributed by atoms with Crippen LogP contribution in [-0.2, 0) is 0 Å². The lowest BCUT2D eigenvalue weighted by atomic mass is 10.1. The molecule has 4 heteroatoms. The van der Waals surface area contributed by atoms with E-state index in [1.807, 2.05) is 18.2 Å². The molecule has 0 aliphatic carbocycles. The number of fused-ring (bicyclic) bond motifs is 1. The fourth-order valence-corrected chi connectivity index (χ4v) is 1.44. The van der Waals surface area contributed by atoms with Gasteiger partial charge in [-0.25, -0.2) is 0 Å². The number of hydrogen-bond acceptors (Lipinski definition) is 2. The van der Waals surface area contributed by atoms with Crippen LogP contribution in [0.1, 0.15) is 11.7 Å². The second-order valence-corrected chi connectivity index (χ2v) is 3.20. The van der Waals surface area contributed by atoms with Gasteiger partial charge < -0.3 is 5.11 Å². The zero-order chi connectivity index (χ0) is 9.26. The molecule has 1 unspecified atom stereocenters. The van der Waals surface area contributed by atoms with Crippen LogP contribution in [0.3, 0.4) is 0 Å². The van der Waals surface area contributed by atoms with E-state index in [2.05, 4.69) is 10.2 Å². The first-order chi connectivity index (χ1) is 6.31. The topological polar surface area (TPSA) is 48.9 Å². The molecular formula is C9H9ClN2O. The van der Waals surface area contributed by atoms with Crippen molar-refractivity contribution in [2.45, 2.75) is 6.10 Å². The summed E-state index contributed by atoms with van der Waals surface area (Å²) in [5.41, 5.74) is 1.79. The summed E-state index contributed by atoms with van der Waals surface area (Å²) in [6.45, 7) is 0. The van der Waals surface area contributed by atoms with E-state index in [4.69, 9.17) is 11.6 Å². The Morgan fingerprint density at radius 1 is 1.54 bits per heavy atom. The van der Waals surface area contributed by atoms with Crippen LogP contribution in [-0.4, -0.2) is 21.2 Å². The van der Waals surface area contributed by atoms with E-state index < -0.39 is 6.10 Å². The summed E-state index contributed by atoms with van der Waals surface area (Å²) in [6, 6.07) is 5.60. The molecule has 1 aromatic heterocycles. The Bertz CT molecular complexity index is 413. The normalized spacial score (nSPS) is 13.4. The second kappa shape index (κ2) is 3.36. The fourth-order valence-electron chi connectivity index (χ4n) is 1.26. The third kappa shape index (κ3) is 1.53. The van der Waals surface area contributed by atoms with Crippen molar-refractivity contribution in [2.75, 3.05) is 5.88 Å². The first-order valence-electron chi connectivity index (χ1n) is 3.98. The van der Waals surface area contributed by atoms with Gasteiger partial charge in [-0.15, -0.1) is 11.6 Å². The van der Waals surface area contributed by atoms with Crippen LogP contribution in [0.2, 0.25) is 0 Å². The van der Waals surface area contributed by atoms with E-state index in [1.54, 1.807) is 6.20 Å². The molecule has 0 spiro atoms. The number of hydrogen-bond donors (Lipinski definition) is 2. The van der Waals surface area contributed by atoms with E-state index in [0.29, 0.717) is 0 Å². The molecule has 68 valence electrons. The van der Waals surface area contributed by atoms with E-state index in [-0.39, 0.29) is 5.88 Å². The van der Waals surface area contributed by atoms with Gasteiger partial charge in [0.25, 0.3) is 0 Å². The van der Waals surface area contributed by atoms with Gasteiger partial charge in [0.2, 0.25) is 0 Å². The quantitative estimate of drug-likeness (QED) is 0.720. The minimum atomic E-state index is -0.596. The molecule has 0 amide bonds. The second-order valence-electron chi connectivity index (χ2n) is 2.89. The number of aliphatic hydroxyl groups excluding tert-OH is 1. The van der Waals surface area contributed by atoms with Crippen molar-refractivity contribution in [3.05, 3.63) is 30.0 Å². The Morgan fingerprint density at radius 2 is 2.38 bits per heavy atom. The third-order valence-corrected chi connectivity index (χ3v) is 2.29. The highest BCUT2D eigenvalue weighted by molar-refractivity contribution is 6.18. The molecule has 1 heterocycles. The average molecular weight is 197 g/mol. The summed E-state index contributed by atoms with van der Waals surface area (Å²) >= 11 is 5.54. The highest BCUT2D eigenvalue weighted by Gasteiger charge is 2.06. The zero-order valence-corrected chi connectivity index (χ0v) is 7.62. The van der Waals surface area contributed by atoms with Crippen LogP contribution in [0, 0.1) is 0 Å². The third-order valence-electron chi connectivity index (χ3n) is 2.00. The van der Waals surface area contributed by atoms with Crippen molar-refractivity contribution >= 4 is 22.5 Å². The Kier molecular flexibility index (Phi) is 2.20. The molecule has 0 aliphatic heterocycles. The predicted molar refractivity (Wildman–Crippen MR) is 51.8 cm³/mol. The molecule has 0 saturated carbocycles. The maximum absolute atomic E-state index is 9.46. The number of benzene rings is 1. The number of halogens is 1. The largest absolute Gasteiger partial charge is 0.387 e. The van der Waals surface area contributed by atoms with Gasteiger partial charge in [0.15, 0.2) is 0 Å². The smallest absolute Gasteiger partial charge is 0.0925 e. The zero-order valence-electron chi connectivity index (χ0n) is 6.87. The molecule has 2 aromatic rings. The first-order valence-corrected chi connectivity index (χ1v) is 4.52. The van der Waals surface area contributed by atoms with Crippen LogP contribution in [0.5, 0.6) is 0 Å². The Hall–Kier alpha value is -1.06. The van der Waals surface area contributed by atoms with Gasteiger partial charge in [0, 0.05) is 5.39 Å². The van der Waals surface area contributed by atoms with Crippen molar-refractivity contribution in [3.63, 3.8) is 0 Å². The summed E-state index contributed by atoms with van der Waals surface area (Å²) in [5.74, 6) is 0.212. The van der Waals surface area contributed by atoms with Crippen molar-refractivity contribution in [3.8, 4) is 0 Å². The summed E-state index contributed by atoms with van der Waals surface area (Å²) in [4.78, 5) is 0. The molecule has 0 fully saturated rings. The number of nitrogens with one attached hydrogen (secondary N) is 1. The summed E-state index contributed by atoms with van der Waals surface area (Å²) < 4.78 is 0. The number of rotatable bonds is 2. The number of aromatic amines is 1. The van der Waals surface area contributed by atoms with Gasteiger partial charge >= 0.3 is 0 Å². The maximum atomic E-state index is 9.46. The standard InChI is InChI=1S/C9H9ClN2O/c10-4-9(13)6-1-2-8-7(3-6)5-11-12-8/h1-3,5,9,13H,4H2,(H,11,12). The maximum Gasteiger partial charge on any atom is 0.0925 e. The highest BCUT2D eigenvalue weighted by atomic mass is 35.5. The number of aliphatic hydroxyl groups is 1. The number of H-pyrrole nitrogens is 1. The van der Waals surface area contributed by atoms with Gasteiger partial charge in [-0.3, -0.25) is 5.10 Å². The van der Waals surface area contributed by atoms with Gasteiger partial charge in [-0.05, 0) is 17.7 Å². The lowest BCUT2D eigenvalue weighted by molar-refractivity contribution is 0.203.